The zero-order valence-corrected chi connectivity index (χ0v) is 16.0. The molecule has 0 spiro atoms. The lowest BCUT2D eigenvalue weighted by atomic mass is 9.84. The highest BCUT2D eigenvalue weighted by atomic mass is 16.4. The van der Waals surface area contributed by atoms with Crippen LogP contribution in [0.3, 0.4) is 0 Å². The standard InChI is InChI=1S/C20H36O6/c1-2-3-4-7-14(21)10-11-16-17(19(24)13-18(16)23)12-15(22)8-5-6-9-20(25)26/h14,16-19,21,23-24H,2-13H2,1H3,(H,25,26)/t14-,16-,17-,18-,19+/m1/s1. The molecular formula is C20H36O6. The van der Waals surface area contributed by atoms with Crippen molar-refractivity contribution < 1.29 is 30.0 Å². The molecule has 1 aliphatic rings. The Morgan fingerprint density at radius 3 is 2.27 bits per heavy atom. The fourth-order valence-electron chi connectivity index (χ4n) is 3.98. The van der Waals surface area contributed by atoms with Crippen LogP contribution in [-0.4, -0.2) is 50.5 Å². The van der Waals surface area contributed by atoms with E-state index in [2.05, 4.69) is 6.92 Å². The third-order valence-electron chi connectivity index (χ3n) is 5.56. The molecule has 4 N–H and O–H groups in total. The number of aliphatic carboxylic acids is 1. The Morgan fingerprint density at radius 1 is 0.962 bits per heavy atom. The molecule has 0 aliphatic heterocycles. The second-order valence-corrected chi connectivity index (χ2v) is 7.77. The molecule has 1 rings (SSSR count). The maximum Gasteiger partial charge on any atom is 0.303 e. The van der Waals surface area contributed by atoms with Crippen molar-refractivity contribution in [3.63, 3.8) is 0 Å². The van der Waals surface area contributed by atoms with Crippen LogP contribution < -0.4 is 0 Å². The van der Waals surface area contributed by atoms with Crippen LogP contribution in [0.4, 0.5) is 0 Å². The summed E-state index contributed by atoms with van der Waals surface area (Å²) >= 11 is 0. The van der Waals surface area contributed by atoms with Gasteiger partial charge < -0.3 is 20.4 Å². The van der Waals surface area contributed by atoms with Crippen LogP contribution in [-0.2, 0) is 9.59 Å². The van der Waals surface area contributed by atoms with Gasteiger partial charge in [-0.3, -0.25) is 9.59 Å². The molecule has 1 fully saturated rings. The number of hydrogen-bond acceptors (Lipinski definition) is 5. The Morgan fingerprint density at radius 2 is 1.62 bits per heavy atom. The molecular weight excluding hydrogens is 336 g/mol. The summed E-state index contributed by atoms with van der Waals surface area (Å²) in [6.07, 6.45) is 5.36. The lowest BCUT2D eigenvalue weighted by Crippen LogP contribution is -2.26. The predicted molar refractivity (Wildman–Crippen MR) is 98.7 cm³/mol. The summed E-state index contributed by atoms with van der Waals surface area (Å²) in [5.74, 6) is -1.26. The number of hydrogen-bond donors (Lipinski definition) is 4. The number of Topliss-reactive ketones (excluding diaryl/α,β-unsaturated/α-hetero) is 1. The number of ketones is 1. The number of carbonyl (C=O) groups is 2. The van der Waals surface area contributed by atoms with Crippen molar-refractivity contribution in [2.45, 2.75) is 102 Å². The van der Waals surface area contributed by atoms with E-state index in [0.717, 1.165) is 25.7 Å². The van der Waals surface area contributed by atoms with E-state index in [0.29, 0.717) is 32.1 Å². The first kappa shape index (κ1) is 23.1. The lowest BCUT2D eigenvalue weighted by molar-refractivity contribution is -0.137. The molecule has 0 saturated heterocycles. The minimum atomic E-state index is -0.857. The summed E-state index contributed by atoms with van der Waals surface area (Å²) in [4.78, 5) is 22.7. The van der Waals surface area contributed by atoms with E-state index < -0.39 is 18.2 Å². The number of unbranched alkanes of at least 4 members (excludes halogenated alkanes) is 3. The van der Waals surface area contributed by atoms with Crippen molar-refractivity contribution in [2.24, 2.45) is 11.8 Å². The number of aliphatic hydroxyl groups excluding tert-OH is 3. The number of carbonyl (C=O) groups excluding carboxylic acids is 1. The van der Waals surface area contributed by atoms with Gasteiger partial charge in [-0.05, 0) is 50.4 Å². The van der Waals surface area contributed by atoms with Crippen molar-refractivity contribution in [3.05, 3.63) is 0 Å². The Bertz CT molecular complexity index is 425. The molecule has 0 aromatic carbocycles. The minimum Gasteiger partial charge on any atom is -0.481 e. The van der Waals surface area contributed by atoms with Gasteiger partial charge in [0.25, 0.3) is 0 Å². The predicted octanol–water partition coefficient (Wildman–Crippen LogP) is 2.67. The average Bonchev–Trinajstić information content (AvgIpc) is 2.83. The Kier molecular flexibility index (Phi) is 11.0. The van der Waals surface area contributed by atoms with Crippen molar-refractivity contribution >= 4 is 11.8 Å². The molecule has 0 radical (unpaired) electrons. The van der Waals surface area contributed by atoms with Crippen LogP contribution in [0.25, 0.3) is 0 Å². The summed E-state index contributed by atoms with van der Waals surface area (Å²) < 4.78 is 0. The van der Waals surface area contributed by atoms with Gasteiger partial charge in [-0.2, -0.15) is 0 Å². The van der Waals surface area contributed by atoms with Gasteiger partial charge in [0, 0.05) is 19.3 Å². The maximum atomic E-state index is 12.2. The molecule has 0 aromatic rings. The Labute approximate surface area is 156 Å². The van der Waals surface area contributed by atoms with Crippen molar-refractivity contribution in [2.75, 3.05) is 0 Å². The van der Waals surface area contributed by atoms with Crippen molar-refractivity contribution in [1.82, 2.24) is 0 Å². The summed E-state index contributed by atoms with van der Waals surface area (Å²) in [6.45, 7) is 2.12. The largest absolute Gasteiger partial charge is 0.481 e. The fraction of sp³-hybridized carbons (Fsp3) is 0.900. The van der Waals surface area contributed by atoms with Crippen LogP contribution in [0.15, 0.2) is 0 Å². The normalized spacial score (nSPS) is 26.8. The smallest absolute Gasteiger partial charge is 0.303 e. The van der Waals surface area contributed by atoms with Gasteiger partial charge in [0.15, 0.2) is 0 Å². The third kappa shape index (κ3) is 8.60. The molecule has 26 heavy (non-hydrogen) atoms. The van der Waals surface area contributed by atoms with Crippen molar-refractivity contribution in [1.29, 1.82) is 0 Å². The zero-order chi connectivity index (χ0) is 19.5. The van der Waals surface area contributed by atoms with Crippen LogP contribution in [0.1, 0.15) is 84.0 Å². The minimum absolute atomic E-state index is 0.0158. The SMILES string of the molecule is CCCCC[C@@H](O)CC[C@@H]1[C@@H](CC(=O)CCCCC(=O)O)[C@@H](O)C[C@H]1O. The van der Waals surface area contributed by atoms with E-state index in [1.807, 2.05) is 0 Å². The number of rotatable bonds is 14. The quantitative estimate of drug-likeness (QED) is 0.349. The molecule has 5 atom stereocenters. The topological polar surface area (TPSA) is 115 Å². The maximum absolute atomic E-state index is 12.2. The monoisotopic (exact) mass is 372 g/mol. The van der Waals surface area contributed by atoms with Crippen LogP contribution >= 0.6 is 0 Å². The van der Waals surface area contributed by atoms with Gasteiger partial charge >= 0.3 is 5.97 Å². The van der Waals surface area contributed by atoms with Gasteiger partial charge in [0.2, 0.25) is 0 Å². The van der Waals surface area contributed by atoms with Gasteiger partial charge in [0.05, 0.1) is 18.3 Å². The van der Waals surface area contributed by atoms with E-state index in [9.17, 15) is 24.9 Å². The summed E-state index contributed by atoms with van der Waals surface area (Å²) in [5.41, 5.74) is 0. The second-order valence-electron chi connectivity index (χ2n) is 7.77. The summed E-state index contributed by atoms with van der Waals surface area (Å²) in [5, 5.41) is 39.1. The van der Waals surface area contributed by atoms with Gasteiger partial charge in [0.1, 0.15) is 5.78 Å². The molecule has 1 saturated carbocycles. The number of aliphatic hydroxyl groups is 3. The first-order valence-corrected chi connectivity index (χ1v) is 10.1. The fourth-order valence-corrected chi connectivity index (χ4v) is 3.98. The first-order chi connectivity index (χ1) is 12.3. The summed E-state index contributed by atoms with van der Waals surface area (Å²) in [7, 11) is 0. The van der Waals surface area contributed by atoms with Gasteiger partial charge in [-0.25, -0.2) is 0 Å². The molecule has 0 heterocycles. The van der Waals surface area contributed by atoms with E-state index in [-0.39, 0.29) is 43.0 Å². The molecule has 152 valence electrons. The van der Waals surface area contributed by atoms with Gasteiger partial charge in [-0.15, -0.1) is 0 Å². The molecule has 0 aromatic heterocycles. The highest BCUT2D eigenvalue weighted by molar-refractivity contribution is 5.78. The molecule has 0 amide bonds. The number of carboxylic acid groups (broad SMARTS) is 1. The second kappa shape index (κ2) is 12.4. The zero-order valence-electron chi connectivity index (χ0n) is 16.0. The summed E-state index contributed by atoms with van der Waals surface area (Å²) in [6, 6.07) is 0. The number of carboxylic acids is 1. The molecule has 6 heteroatoms. The van der Waals surface area contributed by atoms with Crippen LogP contribution in [0.2, 0.25) is 0 Å². The van der Waals surface area contributed by atoms with Crippen LogP contribution in [0, 0.1) is 11.8 Å². The highest BCUT2D eigenvalue weighted by Crippen LogP contribution is 2.38. The van der Waals surface area contributed by atoms with E-state index in [1.54, 1.807) is 0 Å². The third-order valence-corrected chi connectivity index (χ3v) is 5.56. The highest BCUT2D eigenvalue weighted by Gasteiger charge is 2.42. The first-order valence-electron chi connectivity index (χ1n) is 10.1. The van der Waals surface area contributed by atoms with E-state index >= 15 is 0 Å². The van der Waals surface area contributed by atoms with E-state index in [1.165, 1.54) is 0 Å². The van der Waals surface area contributed by atoms with Crippen LogP contribution in [0.5, 0.6) is 0 Å². The Balaban J connectivity index is 2.40. The average molecular weight is 373 g/mol. The van der Waals surface area contributed by atoms with Crippen molar-refractivity contribution in [3.8, 4) is 0 Å². The Hall–Kier alpha value is -0.980. The molecule has 6 nitrogen and oxygen atoms in total. The molecule has 0 unspecified atom stereocenters. The molecule has 1 aliphatic carbocycles. The molecule has 0 bridgehead atoms. The van der Waals surface area contributed by atoms with E-state index in [4.69, 9.17) is 5.11 Å². The lowest BCUT2D eigenvalue weighted by Gasteiger charge is -2.24. The van der Waals surface area contributed by atoms with Gasteiger partial charge in [-0.1, -0.05) is 26.2 Å².